The maximum absolute atomic E-state index is 9.75. The Labute approximate surface area is 55.8 Å². The van der Waals surface area contributed by atoms with Gasteiger partial charge in [0.2, 0.25) is 0 Å². The van der Waals surface area contributed by atoms with E-state index in [4.69, 9.17) is 0 Å². The number of halogens is 4. The number of allylic oxidation sites excluding steroid dienone is 2. The third-order valence-corrected chi connectivity index (χ3v) is 0.235. The predicted octanol–water partition coefficient (Wildman–Crippen LogP) is 1.97. The van der Waals surface area contributed by atoms with Crippen molar-refractivity contribution in [2.24, 2.45) is 0 Å². The van der Waals surface area contributed by atoms with Gasteiger partial charge in [0.15, 0.2) is 6.08 Å². The van der Waals surface area contributed by atoms with E-state index in [-0.39, 0.29) is 0 Å². The molecule has 0 saturated carbocycles. The second kappa shape index (κ2) is 6.23. The molecule has 0 aliphatic rings. The fraction of sp³-hybridized carbons (Fsp3) is 0.250. The highest BCUT2D eigenvalue weighted by atomic mass is 19.5. The first-order valence-electron chi connectivity index (χ1n) is 2.28. The molecule has 1 nitrogen and oxygen atoms in total. The van der Waals surface area contributed by atoms with Crippen LogP contribution in [-0.2, 0) is 4.79 Å². The molecule has 0 aliphatic carbocycles. The molecule has 0 bridgehead atoms. The summed E-state index contributed by atoms with van der Waals surface area (Å²) in [5.41, 5.74) is 0. The molecule has 0 heterocycles. The first kappa shape index (κ1) is 11.8. The first-order chi connectivity index (χ1) is 4.41. The SMILES string of the molecule is C/C=C/[C+]=O.F[B-](F)(F)F. The van der Waals surface area contributed by atoms with Gasteiger partial charge in [-0.1, -0.05) is 4.79 Å². The molecule has 0 N–H and O–H groups in total. The minimum absolute atomic E-state index is 1.32. The smallest absolute Gasteiger partial charge is 0.418 e. The van der Waals surface area contributed by atoms with Gasteiger partial charge in [-0.2, -0.15) is 0 Å². The summed E-state index contributed by atoms with van der Waals surface area (Å²) in [7, 11) is -6.00. The van der Waals surface area contributed by atoms with E-state index in [1.54, 1.807) is 19.3 Å². The van der Waals surface area contributed by atoms with Gasteiger partial charge in [0.05, 0.1) is 6.08 Å². The zero-order valence-electron chi connectivity index (χ0n) is 5.15. The lowest BCUT2D eigenvalue weighted by Gasteiger charge is -1.94. The normalized spacial score (nSPS) is 10.1. The standard InChI is InChI=1S/C4H5O.BF4/c1-2-3-4-5;2-1(3,4)5/h2-3H,1H3;/q+1;-1/b3-2+;. The summed E-state index contributed by atoms with van der Waals surface area (Å²) in [6.07, 6.45) is 4.54. The molecule has 6 heteroatoms. The Morgan fingerprint density at radius 2 is 1.60 bits per heavy atom. The Kier molecular flexibility index (Phi) is 7.38. The first-order valence-corrected chi connectivity index (χ1v) is 2.28. The summed E-state index contributed by atoms with van der Waals surface area (Å²) in [4.78, 5) is 9.19. The van der Waals surface area contributed by atoms with Gasteiger partial charge >= 0.3 is 13.5 Å². The number of carbonyl (C=O) groups excluding carboxylic acids is 1. The molecule has 0 aromatic rings. The molecular formula is C4H5BF4O. The van der Waals surface area contributed by atoms with Crippen LogP contribution in [0.25, 0.3) is 0 Å². The van der Waals surface area contributed by atoms with E-state index >= 15 is 0 Å². The van der Waals surface area contributed by atoms with Gasteiger partial charge in [-0.05, 0) is 0 Å². The van der Waals surface area contributed by atoms with Crippen LogP contribution in [0.4, 0.5) is 17.3 Å². The molecule has 0 amide bonds. The van der Waals surface area contributed by atoms with Crippen molar-refractivity contribution in [3.63, 3.8) is 0 Å². The van der Waals surface area contributed by atoms with E-state index in [0.29, 0.717) is 0 Å². The molecule has 0 atom stereocenters. The molecule has 0 saturated heterocycles. The van der Waals surface area contributed by atoms with Crippen LogP contribution >= 0.6 is 0 Å². The van der Waals surface area contributed by atoms with Crippen molar-refractivity contribution in [3.05, 3.63) is 12.2 Å². The van der Waals surface area contributed by atoms with Crippen LogP contribution in [0.3, 0.4) is 0 Å². The van der Waals surface area contributed by atoms with E-state index in [2.05, 4.69) is 0 Å². The quantitative estimate of drug-likeness (QED) is 0.245. The van der Waals surface area contributed by atoms with E-state index < -0.39 is 7.25 Å². The lowest BCUT2D eigenvalue weighted by atomic mass is 10.3. The van der Waals surface area contributed by atoms with Gasteiger partial charge in [-0.15, -0.1) is 0 Å². The van der Waals surface area contributed by atoms with Crippen LogP contribution < -0.4 is 0 Å². The maximum atomic E-state index is 9.75. The van der Waals surface area contributed by atoms with Crippen molar-refractivity contribution in [3.8, 4) is 0 Å². The Hall–Kier alpha value is -0.895. The van der Waals surface area contributed by atoms with Crippen molar-refractivity contribution in [2.45, 2.75) is 6.92 Å². The minimum atomic E-state index is -6.00. The highest BCUT2D eigenvalue weighted by Crippen LogP contribution is 2.06. The van der Waals surface area contributed by atoms with Crippen molar-refractivity contribution >= 4 is 13.5 Å². The second-order valence-corrected chi connectivity index (χ2v) is 1.11. The van der Waals surface area contributed by atoms with Crippen LogP contribution in [-0.4, -0.2) is 13.5 Å². The summed E-state index contributed by atoms with van der Waals surface area (Å²) in [5.74, 6) is 0. The monoisotopic (exact) mass is 156 g/mol. The average molecular weight is 156 g/mol. The fourth-order valence-electron chi connectivity index (χ4n) is 0.0680. The Morgan fingerprint density at radius 1 is 1.30 bits per heavy atom. The topological polar surface area (TPSA) is 17.1 Å². The van der Waals surface area contributed by atoms with Gasteiger partial charge < -0.3 is 17.3 Å². The van der Waals surface area contributed by atoms with Crippen LogP contribution in [0, 0.1) is 0 Å². The van der Waals surface area contributed by atoms with Gasteiger partial charge in [0.1, 0.15) is 0 Å². The maximum Gasteiger partial charge on any atom is 0.673 e. The molecule has 0 rings (SSSR count). The average Bonchev–Trinajstić information content (AvgIpc) is 1.63. The van der Waals surface area contributed by atoms with Crippen LogP contribution in [0.2, 0.25) is 0 Å². The van der Waals surface area contributed by atoms with E-state index in [1.807, 2.05) is 0 Å². The van der Waals surface area contributed by atoms with Gasteiger partial charge in [0, 0.05) is 6.92 Å². The van der Waals surface area contributed by atoms with E-state index in [9.17, 15) is 22.1 Å². The van der Waals surface area contributed by atoms with Crippen molar-refractivity contribution in [1.82, 2.24) is 0 Å². The van der Waals surface area contributed by atoms with Crippen molar-refractivity contribution in [1.29, 1.82) is 0 Å². The Bertz CT molecular complexity index is 102. The van der Waals surface area contributed by atoms with E-state index in [0.717, 1.165) is 0 Å². The number of hydrogen-bond donors (Lipinski definition) is 0. The summed E-state index contributed by atoms with van der Waals surface area (Å²) in [6.45, 7) is 1.77. The lowest BCUT2D eigenvalue weighted by Crippen LogP contribution is -2.02. The van der Waals surface area contributed by atoms with Crippen LogP contribution in [0.1, 0.15) is 6.92 Å². The highest BCUT2D eigenvalue weighted by molar-refractivity contribution is 6.50. The van der Waals surface area contributed by atoms with Crippen molar-refractivity contribution in [2.75, 3.05) is 0 Å². The molecule has 0 spiro atoms. The van der Waals surface area contributed by atoms with Crippen LogP contribution in [0.5, 0.6) is 0 Å². The predicted molar refractivity (Wildman–Crippen MR) is 30.7 cm³/mol. The molecule has 0 unspecified atom stereocenters. The molecule has 58 valence electrons. The lowest BCUT2D eigenvalue weighted by molar-refractivity contribution is 0.368. The zero-order valence-corrected chi connectivity index (χ0v) is 5.15. The van der Waals surface area contributed by atoms with E-state index in [1.165, 1.54) is 6.08 Å². The van der Waals surface area contributed by atoms with Gasteiger partial charge in [-0.25, -0.2) is 0 Å². The molecule has 0 aliphatic heterocycles. The summed E-state index contributed by atoms with van der Waals surface area (Å²) >= 11 is 0. The molecule has 0 radical (unpaired) electrons. The van der Waals surface area contributed by atoms with Gasteiger partial charge in [-0.3, -0.25) is 0 Å². The second-order valence-electron chi connectivity index (χ2n) is 1.11. The molecule has 0 fully saturated rings. The number of rotatable bonds is 1. The Balaban J connectivity index is 0. The zero-order chi connectivity index (χ0) is 8.62. The van der Waals surface area contributed by atoms with Gasteiger partial charge in [0.25, 0.3) is 0 Å². The molecule has 10 heavy (non-hydrogen) atoms. The third kappa shape index (κ3) is 217. The Morgan fingerprint density at radius 3 is 1.60 bits per heavy atom. The number of hydrogen-bond acceptors (Lipinski definition) is 1. The third-order valence-electron chi connectivity index (χ3n) is 0.235. The summed E-state index contributed by atoms with van der Waals surface area (Å²) in [5, 5.41) is 0. The summed E-state index contributed by atoms with van der Waals surface area (Å²) < 4.78 is 39.0. The highest BCUT2D eigenvalue weighted by Gasteiger charge is 2.20. The van der Waals surface area contributed by atoms with Crippen molar-refractivity contribution < 1.29 is 22.1 Å². The molecule has 0 aromatic carbocycles. The summed E-state index contributed by atoms with van der Waals surface area (Å²) in [6, 6.07) is 0. The molecular weight excluding hydrogens is 151 g/mol. The van der Waals surface area contributed by atoms with Crippen LogP contribution in [0.15, 0.2) is 12.2 Å². The largest absolute Gasteiger partial charge is 0.673 e. The molecule has 0 aromatic heterocycles. The minimum Gasteiger partial charge on any atom is -0.418 e. The fourth-order valence-corrected chi connectivity index (χ4v) is 0.0680.